The topological polar surface area (TPSA) is 149 Å². The Hall–Kier alpha value is -4.21. The predicted octanol–water partition coefficient (Wildman–Crippen LogP) is 8.61. The Balaban J connectivity index is 2.03. The van der Waals surface area contributed by atoms with Crippen molar-refractivity contribution < 1.29 is 23.8 Å². The van der Waals surface area contributed by atoms with E-state index < -0.39 is 6.04 Å². The van der Waals surface area contributed by atoms with Crippen LogP contribution in [0.15, 0.2) is 102 Å². The van der Waals surface area contributed by atoms with Gasteiger partial charge in [0.25, 0.3) is 0 Å². The maximum Gasteiger partial charge on any atom is 0.220 e. The fraction of sp³-hybridized carbons (Fsp3) is 0.512. The Labute approximate surface area is 306 Å². The molecule has 1 aromatic carbocycles. The number of nitrogens with one attached hydrogen (secondary N) is 1. The first kappa shape index (κ1) is 44.8. The third-order valence-electron chi connectivity index (χ3n) is 7.32. The van der Waals surface area contributed by atoms with Crippen LogP contribution in [0.4, 0.5) is 0 Å². The second-order valence-electron chi connectivity index (χ2n) is 11.7. The second kappa shape index (κ2) is 34.2. The average molecular weight is 704 g/mol. The van der Waals surface area contributed by atoms with Gasteiger partial charge in [-0.15, -0.1) is 0 Å². The van der Waals surface area contributed by atoms with Gasteiger partial charge in [0.2, 0.25) is 5.91 Å². The number of hydrogen-bond acceptors (Lipinski definition) is 7. The summed E-state index contributed by atoms with van der Waals surface area (Å²) in [6.07, 6.45) is 35.3. The number of nitrogens with zero attached hydrogens (tertiary/aromatic N) is 3. The highest BCUT2D eigenvalue weighted by Crippen LogP contribution is 2.14. The number of Topliss-reactive ketones (excluding diaryl/α,β-unsaturated/α-hetero) is 1. The molecule has 1 aromatic rings. The van der Waals surface area contributed by atoms with Crippen molar-refractivity contribution in [2.45, 2.75) is 90.0 Å². The Morgan fingerprint density at radius 3 is 1.92 bits per heavy atom. The van der Waals surface area contributed by atoms with Crippen LogP contribution in [-0.2, 0) is 25.5 Å². The normalized spacial score (nSPS) is 12.6. The first-order valence-electron chi connectivity index (χ1n) is 18.4. The number of rotatable bonds is 32. The number of benzene rings is 1. The maximum atomic E-state index is 12.4. The molecule has 3 N–H and O–H groups in total. The molecule has 0 aliphatic heterocycles. The molecule has 10 nitrogen and oxygen atoms in total. The zero-order valence-electron chi connectivity index (χ0n) is 30.7. The molecule has 51 heavy (non-hydrogen) atoms. The highest BCUT2D eigenvalue weighted by atomic mass is 16.5. The number of azide groups is 1. The maximum absolute atomic E-state index is 12.4. The molecule has 0 saturated carbocycles. The summed E-state index contributed by atoms with van der Waals surface area (Å²) in [6, 6.07) is 7.03. The van der Waals surface area contributed by atoms with Gasteiger partial charge in [-0.25, -0.2) is 0 Å². The molecule has 0 radical (unpaired) electrons. The van der Waals surface area contributed by atoms with E-state index in [2.05, 4.69) is 95.2 Å². The lowest BCUT2D eigenvalue weighted by Crippen LogP contribution is -2.32. The molecule has 0 saturated heterocycles. The number of allylic oxidation sites excluding steroid dienone is 12. The summed E-state index contributed by atoms with van der Waals surface area (Å²) in [5.74, 6) is 0.785. The van der Waals surface area contributed by atoms with Gasteiger partial charge in [0.05, 0.1) is 32.5 Å². The van der Waals surface area contributed by atoms with Crippen molar-refractivity contribution in [2.24, 2.45) is 10.8 Å². The predicted molar refractivity (Wildman–Crippen MR) is 209 cm³/mol. The quantitative estimate of drug-likeness (QED) is 0.0252. The summed E-state index contributed by atoms with van der Waals surface area (Å²) < 4.78 is 16.5. The number of amides is 1. The third kappa shape index (κ3) is 29.2. The number of ketones is 1. The largest absolute Gasteiger partial charge is 0.494 e. The summed E-state index contributed by atoms with van der Waals surface area (Å²) in [4.78, 5) is 27.2. The molecule has 1 atom stereocenters. The van der Waals surface area contributed by atoms with Crippen LogP contribution >= 0.6 is 0 Å². The van der Waals surface area contributed by atoms with Crippen LogP contribution in [0, 0.1) is 0 Å². The zero-order valence-corrected chi connectivity index (χ0v) is 30.7. The molecule has 0 bridgehead atoms. The molecule has 280 valence electrons. The van der Waals surface area contributed by atoms with Crippen molar-refractivity contribution in [3.05, 3.63) is 113 Å². The van der Waals surface area contributed by atoms with E-state index in [1.165, 1.54) is 0 Å². The van der Waals surface area contributed by atoms with Crippen LogP contribution in [0.3, 0.4) is 0 Å². The summed E-state index contributed by atoms with van der Waals surface area (Å²) in [7, 11) is 0. The van der Waals surface area contributed by atoms with Crippen LogP contribution in [0.25, 0.3) is 10.4 Å². The number of carbonyl (C=O) groups is 2. The Morgan fingerprint density at radius 2 is 1.33 bits per heavy atom. The molecule has 0 aliphatic carbocycles. The van der Waals surface area contributed by atoms with E-state index in [-0.39, 0.29) is 11.7 Å². The van der Waals surface area contributed by atoms with Crippen molar-refractivity contribution in [3.63, 3.8) is 0 Å². The summed E-state index contributed by atoms with van der Waals surface area (Å²) in [5.41, 5.74) is 15.3. The summed E-state index contributed by atoms with van der Waals surface area (Å²) in [5, 5.41) is 6.33. The van der Waals surface area contributed by atoms with Crippen LogP contribution < -0.4 is 15.8 Å². The number of nitrogens with two attached hydrogens (primary N) is 1. The summed E-state index contributed by atoms with van der Waals surface area (Å²) >= 11 is 0. The standard InChI is InChI=1S/C41H61N5O5/c1-2-3-4-5-6-7-8-9-10-11-12-13-14-15-16-17-18-19-20-24-41(48)44-29-22-32-51-38-27-25-37(26-28-38)36-39(42)40(47)23-21-31-49-34-35-50-33-30-45-46-43/h3-4,6-7,9-10,12-13,15-16,18-19,25-28,39H,2,5,8,11,14,17,20-24,29-36,42H2,1H3,(H,44,48)/b4-3-,7-6-,10-9-,13-12-,16-15-,19-18-/t39-/m0/s1. The molecule has 0 aliphatic rings. The highest BCUT2D eigenvalue weighted by Gasteiger charge is 2.14. The van der Waals surface area contributed by atoms with E-state index in [0.29, 0.717) is 78.2 Å². The van der Waals surface area contributed by atoms with Crippen molar-refractivity contribution in [1.29, 1.82) is 0 Å². The first-order valence-corrected chi connectivity index (χ1v) is 18.4. The van der Waals surface area contributed by atoms with Gasteiger partial charge in [0.1, 0.15) is 11.5 Å². The van der Waals surface area contributed by atoms with Crippen molar-refractivity contribution in [3.8, 4) is 5.75 Å². The molecule has 0 fully saturated rings. The Bertz CT molecular complexity index is 1260. The van der Waals surface area contributed by atoms with Gasteiger partial charge in [0, 0.05) is 37.4 Å². The lowest BCUT2D eigenvalue weighted by Gasteiger charge is -2.12. The number of hydrogen-bond donors (Lipinski definition) is 2. The van der Waals surface area contributed by atoms with Crippen molar-refractivity contribution >= 4 is 11.7 Å². The van der Waals surface area contributed by atoms with Gasteiger partial charge in [-0.2, -0.15) is 0 Å². The Morgan fingerprint density at radius 1 is 0.765 bits per heavy atom. The van der Waals surface area contributed by atoms with Crippen LogP contribution in [0.5, 0.6) is 5.75 Å². The van der Waals surface area contributed by atoms with E-state index in [1.807, 2.05) is 24.3 Å². The van der Waals surface area contributed by atoms with Gasteiger partial charge in [-0.3, -0.25) is 9.59 Å². The minimum atomic E-state index is -0.566. The second-order valence-corrected chi connectivity index (χ2v) is 11.7. The molecule has 0 unspecified atom stereocenters. The molecule has 0 heterocycles. The summed E-state index contributed by atoms with van der Waals surface area (Å²) in [6.45, 7) is 5.16. The molecular formula is C41H61N5O5. The van der Waals surface area contributed by atoms with E-state index >= 15 is 0 Å². The van der Waals surface area contributed by atoms with E-state index in [9.17, 15) is 9.59 Å². The van der Waals surface area contributed by atoms with Crippen molar-refractivity contribution in [1.82, 2.24) is 5.32 Å². The molecule has 0 spiro atoms. The molecule has 1 rings (SSSR count). The van der Waals surface area contributed by atoms with Crippen LogP contribution in [0.1, 0.15) is 83.1 Å². The molecule has 1 amide bonds. The van der Waals surface area contributed by atoms with Crippen LogP contribution in [0.2, 0.25) is 0 Å². The van der Waals surface area contributed by atoms with Crippen LogP contribution in [-0.4, -0.2) is 63.9 Å². The van der Waals surface area contributed by atoms with E-state index in [1.54, 1.807) is 0 Å². The number of ether oxygens (including phenoxy) is 3. The van der Waals surface area contributed by atoms with Gasteiger partial charge in [-0.1, -0.05) is 97.1 Å². The van der Waals surface area contributed by atoms with E-state index in [0.717, 1.165) is 56.3 Å². The minimum Gasteiger partial charge on any atom is -0.494 e. The van der Waals surface area contributed by atoms with Gasteiger partial charge in [0.15, 0.2) is 0 Å². The lowest BCUT2D eigenvalue weighted by molar-refractivity contribution is -0.121. The van der Waals surface area contributed by atoms with Gasteiger partial charge < -0.3 is 25.3 Å². The van der Waals surface area contributed by atoms with E-state index in [4.69, 9.17) is 25.5 Å². The lowest BCUT2D eigenvalue weighted by atomic mass is 10.0. The first-order chi connectivity index (χ1) is 25.1. The minimum absolute atomic E-state index is 0.00366. The van der Waals surface area contributed by atoms with Gasteiger partial charge >= 0.3 is 0 Å². The monoisotopic (exact) mass is 703 g/mol. The van der Waals surface area contributed by atoms with Gasteiger partial charge in [-0.05, 0) is 87.4 Å². The van der Waals surface area contributed by atoms with Crippen molar-refractivity contribution in [2.75, 3.05) is 46.1 Å². The molecular weight excluding hydrogens is 642 g/mol. The average Bonchev–Trinajstić information content (AvgIpc) is 3.13. The molecule has 0 aromatic heterocycles. The third-order valence-corrected chi connectivity index (χ3v) is 7.32. The fourth-order valence-corrected chi connectivity index (χ4v) is 4.53. The SMILES string of the molecule is CC/C=C\C/C=C\C/C=C\C/C=C\C/C=C\C/C=C\CCC(=O)NCCCOc1ccc(C[C@H](N)C(=O)CCCOCCOCCN=[N+]=[N-])cc1. The fourth-order valence-electron chi connectivity index (χ4n) is 4.53. The molecule has 10 heteroatoms. The number of carbonyl (C=O) groups excluding carboxylic acids is 2. The Kier molecular flexibility index (Phi) is 30.1. The highest BCUT2D eigenvalue weighted by molar-refractivity contribution is 5.84. The smallest absolute Gasteiger partial charge is 0.220 e. The zero-order chi connectivity index (χ0) is 36.9.